The van der Waals surface area contributed by atoms with Crippen LogP contribution in [0, 0.1) is 0 Å². The van der Waals surface area contributed by atoms with Crippen LogP contribution < -0.4 is 5.73 Å². The van der Waals surface area contributed by atoms with Crippen LogP contribution in [0.15, 0.2) is 23.5 Å². The number of nitrogens with two attached hydrogens (primary N) is 1. The Balaban J connectivity index is 1.90. The Kier molecular flexibility index (Phi) is 3.77. The van der Waals surface area contributed by atoms with E-state index in [9.17, 15) is 0 Å². The molecule has 0 saturated carbocycles. The molecular weight excluding hydrogens is 220 g/mol. The molecule has 1 aliphatic heterocycles. The molecule has 88 valence electrons. The van der Waals surface area contributed by atoms with Crippen LogP contribution in [0.5, 0.6) is 0 Å². The van der Waals surface area contributed by atoms with Gasteiger partial charge >= 0.3 is 0 Å². The second-order valence-electron chi connectivity index (χ2n) is 3.96. The normalized spacial score (nSPS) is 17.8. The number of hydrogen-bond donors (Lipinski definition) is 1. The highest BCUT2D eigenvalue weighted by Crippen LogP contribution is 2.09. The number of rotatable bonds is 2. The lowest BCUT2D eigenvalue weighted by molar-refractivity contribution is 0.455. The van der Waals surface area contributed by atoms with E-state index in [-0.39, 0.29) is 0 Å². The predicted octanol–water partition coefficient (Wildman–Crippen LogP) is 0.889. The summed E-state index contributed by atoms with van der Waals surface area (Å²) in [5, 5.41) is 0. The van der Waals surface area contributed by atoms with Gasteiger partial charge in [0, 0.05) is 44.0 Å². The number of guanidine groups is 1. The number of aromatic nitrogens is 1. The number of thioether (sulfide) groups is 1. The van der Waals surface area contributed by atoms with E-state index in [0.717, 1.165) is 24.6 Å². The second-order valence-corrected chi connectivity index (χ2v) is 5.18. The van der Waals surface area contributed by atoms with Gasteiger partial charge in [0.05, 0.1) is 6.54 Å². The molecule has 0 amide bonds. The number of nitrogens with zero attached hydrogens (tertiary/aromatic N) is 3. The van der Waals surface area contributed by atoms with E-state index in [4.69, 9.17) is 5.73 Å². The van der Waals surface area contributed by atoms with Crippen LogP contribution in [-0.4, -0.2) is 40.0 Å². The minimum Gasteiger partial charge on any atom is -0.370 e. The van der Waals surface area contributed by atoms with E-state index in [1.54, 1.807) is 0 Å². The smallest absolute Gasteiger partial charge is 0.191 e. The first kappa shape index (κ1) is 11.4. The quantitative estimate of drug-likeness (QED) is 0.615. The number of aryl methyl sites for hydroxylation is 1. The fraction of sp³-hybridized carbons (Fsp3) is 0.545. The third kappa shape index (κ3) is 2.95. The van der Waals surface area contributed by atoms with Crippen LogP contribution in [0.1, 0.15) is 5.56 Å². The molecule has 2 rings (SSSR count). The van der Waals surface area contributed by atoms with Crippen molar-refractivity contribution in [3.05, 3.63) is 24.0 Å². The van der Waals surface area contributed by atoms with Gasteiger partial charge in [0.1, 0.15) is 0 Å². The summed E-state index contributed by atoms with van der Waals surface area (Å²) in [6.45, 7) is 2.72. The van der Waals surface area contributed by atoms with Gasteiger partial charge < -0.3 is 15.2 Å². The maximum atomic E-state index is 5.96. The lowest BCUT2D eigenvalue weighted by Gasteiger charge is -2.27. The van der Waals surface area contributed by atoms with Crippen molar-refractivity contribution in [2.75, 3.05) is 24.6 Å². The molecule has 1 aromatic rings. The summed E-state index contributed by atoms with van der Waals surface area (Å²) in [6.07, 6.45) is 4.10. The maximum Gasteiger partial charge on any atom is 0.191 e. The summed E-state index contributed by atoms with van der Waals surface area (Å²) in [5.41, 5.74) is 7.17. The van der Waals surface area contributed by atoms with Crippen LogP contribution in [0.2, 0.25) is 0 Å². The highest BCUT2D eigenvalue weighted by Gasteiger charge is 2.11. The van der Waals surface area contributed by atoms with Crippen molar-refractivity contribution in [3.63, 3.8) is 0 Å². The minimum absolute atomic E-state index is 0.677. The highest BCUT2D eigenvalue weighted by atomic mass is 32.2. The monoisotopic (exact) mass is 238 g/mol. The van der Waals surface area contributed by atoms with E-state index < -0.39 is 0 Å². The first-order valence-electron chi connectivity index (χ1n) is 5.49. The maximum absolute atomic E-state index is 5.96. The Morgan fingerprint density at radius 1 is 1.50 bits per heavy atom. The van der Waals surface area contributed by atoms with Crippen molar-refractivity contribution < 1.29 is 0 Å². The van der Waals surface area contributed by atoms with Crippen LogP contribution >= 0.6 is 11.8 Å². The van der Waals surface area contributed by atoms with E-state index in [0.29, 0.717) is 12.5 Å². The molecule has 0 atom stereocenters. The van der Waals surface area contributed by atoms with Gasteiger partial charge in [-0.15, -0.1) is 0 Å². The summed E-state index contributed by atoms with van der Waals surface area (Å²) in [7, 11) is 2.01. The molecule has 0 aliphatic carbocycles. The van der Waals surface area contributed by atoms with Gasteiger partial charge in [-0.1, -0.05) is 0 Å². The molecule has 1 aliphatic rings. The molecule has 2 heterocycles. The average molecular weight is 238 g/mol. The van der Waals surface area contributed by atoms with Crippen molar-refractivity contribution in [1.29, 1.82) is 0 Å². The molecule has 0 aromatic carbocycles. The van der Waals surface area contributed by atoms with Crippen molar-refractivity contribution in [3.8, 4) is 0 Å². The summed E-state index contributed by atoms with van der Waals surface area (Å²) in [5.74, 6) is 2.99. The van der Waals surface area contributed by atoms with Gasteiger partial charge in [0.15, 0.2) is 5.96 Å². The molecule has 0 unspecified atom stereocenters. The Morgan fingerprint density at radius 3 is 2.88 bits per heavy atom. The third-order valence-electron chi connectivity index (χ3n) is 2.65. The molecule has 1 fully saturated rings. The summed E-state index contributed by atoms with van der Waals surface area (Å²) in [6, 6.07) is 2.07. The lowest BCUT2D eigenvalue weighted by atomic mass is 10.3. The Morgan fingerprint density at radius 2 is 2.25 bits per heavy atom. The molecule has 16 heavy (non-hydrogen) atoms. The topological polar surface area (TPSA) is 46.6 Å². The molecule has 2 N–H and O–H groups in total. The Hall–Kier alpha value is -1.10. The summed E-state index contributed by atoms with van der Waals surface area (Å²) >= 11 is 1.98. The molecule has 0 bridgehead atoms. The zero-order valence-electron chi connectivity index (χ0n) is 9.59. The Bertz CT molecular complexity index is 366. The first-order chi connectivity index (χ1) is 7.75. The first-order valence-corrected chi connectivity index (χ1v) is 6.64. The number of aliphatic imine (C=N–C) groups is 1. The molecule has 1 saturated heterocycles. The minimum atomic E-state index is 0.677. The largest absolute Gasteiger partial charge is 0.370 e. The van der Waals surface area contributed by atoms with E-state index in [1.807, 2.05) is 29.6 Å². The van der Waals surface area contributed by atoms with Crippen molar-refractivity contribution in [1.82, 2.24) is 9.47 Å². The standard InChI is InChI=1S/C11H18N4S/c1-14-3-2-10(9-14)8-13-11(12)15-4-6-16-7-5-15/h2-3,9H,4-8H2,1H3,(H2,12,13). The van der Waals surface area contributed by atoms with Gasteiger partial charge in [-0.2, -0.15) is 11.8 Å². The molecular formula is C11H18N4S. The van der Waals surface area contributed by atoms with Crippen LogP contribution in [0.3, 0.4) is 0 Å². The zero-order chi connectivity index (χ0) is 11.4. The Labute approximate surface area is 101 Å². The van der Waals surface area contributed by atoms with Crippen molar-refractivity contribution >= 4 is 17.7 Å². The van der Waals surface area contributed by atoms with E-state index in [2.05, 4.69) is 22.2 Å². The highest BCUT2D eigenvalue weighted by molar-refractivity contribution is 7.99. The molecule has 0 spiro atoms. The lowest BCUT2D eigenvalue weighted by Crippen LogP contribution is -2.42. The third-order valence-corrected chi connectivity index (χ3v) is 3.59. The SMILES string of the molecule is Cn1ccc(CN=C(N)N2CCSCC2)c1. The average Bonchev–Trinajstić information content (AvgIpc) is 2.73. The van der Waals surface area contributed by atoms with Gasteiger partial charge in [0.2, 0.25) is 0 Å². The summed E-state index contributed by atoms with van der Waals surface area (Å²) in [4.78, 5) is 6.60. The predicted molar refractivity (Wildman–Crippen MR) is 69.6 cm³/mol. The molecule has 1 aromatic heterocycles. The van der Waals surface area contributed by atoms with Gasteiger partial charge in [-0.25, -0.2) is 4.99 Å². The molecule has 0 radical (unpaired) electrons. The van der Waals surface area contributed by atoms with E-state index >= 15 is 0 Å². The summed E-state index contributed by atoms with van der Waals surface area (Å²) < 4.78 is 2.03. The van der Waals surface area contributed by atoms with Crippen molar-refractivity contribution in [2.45, 2.75) is 6.54 Å². The molecule has 5 heteroatoms. The van der Waals surface area contributed by atoms with Gasteiger partial charge in [0.25, 0.3) is 0 Å². The molecule has 4 nitrogen and oxygen atoms in total. The van der Waals surface area contributed by atoms with Gasteiger partial charge in [-0.05, 0) is 11.6 Å². The van der Waals surface area contributed by atoms with Crippen LogP contribution in [0.25, 0.3) is 0 Å². The van der Waals surface area contributed by atoms with Crippen molar-refractivity contribution in [2.24, 2.45) is 17.8 Å². The zero-order valence-corrected chi connectivity index (χ0v) is 10.4. The fourth-order valence-corrected chi connectivity index (χ4v) is 2.62. The van der Waals surface area contributed by atoms with Crippen LogP contribution in [0.4, 0.5) is 0 Å². The van der Waals surface area contributed by atoms with Gasteiger partial charge in [-0.3, -0.25) is 0 Å². The number of hydrogen-bond acceptors (Lipinski definition) is 2. The van der Waals surface area contributed by atoms with E-state index in [1.165, 1.54) is 5.56 Å². The second kappa shape index (κ2) is 5.30. The fourth-order valence-electron chi connectivity index (χ4n) is 1.72. The van der Waals surface area contributed by atoms with Crippen LogP contribution in [-0.2, 0) is 13.6 Å².